The van der Waals surface area contributed by atoms with E-state index in [0.717, 1.165) is 19.4 Å². The van der Waals surface area contributed by atoms with E-state index in [0.29, 0.717) is 24.9 Å². The molecule has 4 unspecified atom stereocenters. The van der Waals surface area contributed by atoms with Gasteiger partial charge in [-0.05, 0) is 39.7 Å². The average molecular weight is 264 g/mol. The number of likely N-dealkylation sites (N-methyl/N-ethyl adjacent to an activating group) is 1. The predicted octanol–water partition coefficient (Wildman–Crippen LogP) is 2.79. The number of nitrogens with zero attached hydrogens (tertiary/aromatic N) is 1. The Balaban J connectivity index is 1.83. The normalized spacial score (nSPS) is 39.2. The summed E-state index contributed by atoms with van der Waals surface area (Å²) in [5, 5.41) is 3.44. The topological polar surface area (TPSA) is 15.3 Å². The summed E-state index contributed by atoms with van der Waals surface area (Å²) < 4.78 is 38.1. The van der Waals surface area contributed by atoms with E-state index < -0.39 is 12.1 Å². The lowest BCUT2D eigenvalue weighted by Gasteiger charge is -2.32. The van der Waals surface area contributed by atoms with Crippen LogP contribution in [0.4, 0.5) is 13.2 Å². The summed E-state index contributed by atoms with van der Waals surface area (Å²) in [6, 6.07) is 0.945. The fourth-order valence-electron chi connectivity index (χ4n) is 3.29. The third-order valence-electron chi connectivity index (χ3n) is 4.49. The maximum Gasteiger partial charge on any atom is 0.391 e. The summed E-state index contributed by atoms with van der Waals surface area (Å²) in [5.41, 5.74) is 0. The van der Waals surface area contributed by atoms with E-state index in [4.69, 9.17) is 0 Å². The van der Waals surface area contributed by atoms with Crippen LogP contribution < -0.4 is 5.32 Å². The van der Waals surface area contributed by atoms with Crippen molar-refractivity contribution in [1.82, 2.24) is 10.2 Å². The van der Waals surface area contributed by atoms with Crippen molar-refractivity contribution in [2.45, 2.75) is 63.3 Å². The van der Waals surface area contributed by atoms with Gasteiger partial charge in [0, 0.05) is 24.7 Å². The summed E-state index contributed by atoms with van der Waals surface area (Å²) in [5.74, 6) is -1.10. The lowest BCUT2D eigenvalue weighted by molar-refractivity contribution is -0.183. The second-order valence-electron chi connectivity index (χ2n) is 5.99. The summed E-state index contributed by atoms with van der Waals surface area (Å²) in [6.07, 6.45) is -0.814. The monoisotopic (exact) mass is 264 g/mol. The van der Waals surface area contributed by atoms with Gasteiger partial charge in [-0.2, -0.15) is 13.2 Å². The molecule has 0 aromatic rings. The number of halogens is 3. The zero-order valence-corrected chi connectivity index (χ0v) is 11.1. The second-order valence-corrected chi connectivity index (χ2v) is 5.99. The average Bonchev–Trinajstić information content (AvgIpc) is 2.57. The first-order valence-corrected chi connectivity index (χ1v) is 6.89. The SMILES string of the molecule is CC1CC(NC2CCCC(C(F)(F)F)C2)CN1C. The summed E-state index contributed by atoms with van der Waals surface area (Å²) in [4.78, 5) is 2.27. The molecule has 2 nitrogen and oxygen atoms in total. The van der Waals surface area contributed by atoms with Gasteiger partial charge in [0.2, 0.25) is 0 Å². The van der Waals surface area contributed by atoms with E-state index in [1.807, 2.05) is 0 Å². The Morgan fingerprint density at radius 3 is 2.39 bits per heavy atom. The van der Waals surface area contributed by atoms with Gasteiger partial charge < -0.3 is 10.2 Å². The van der Waals surface area contributed by atoms with Crippen LogP contribution in [0.5, 0.6) is 0 Å². The number of alkyl halides is 3. The Kier molecular flexibility index (Phi) is 4.22. The molecule has 1 heterocycles. The first-order valence-electron chi connectivity index (χ1n) is 6.89. The molecule has 0 aromatic carbocycles. The molecular weight excluding hydrogens is 241 g/mol. The molecule has 1 saturated heterocycles. The molecule has 106 valence electrons. The minimum Gasteiger partial charge on any atom is -0.310 e. The molecule has 0 radical (unpaired) electrons. The van der Waals surface area contributed by atoms with Gasteiger partial charge in [-0.3, -0.25) is 0 Å². The smallest absolute Gasteiger partial charge is 0.310 e. The molecule has 2 aliphatic rings. The fraction of sp³-hybridized carbons (Fsp3) is 1.00. The molecule has 0 aromatic heterocycles. The Bertz CT molecular complexity index is 270. The zero-order valence-electron chi connectivity index (χ0n) is 11.1. The molecule has 18 heavy (non-hydrogen) atoms. The molecule has 0 bridgehead atoms. The highest BCUT2D eigenvalue weighted by Gasteiger charge is 2.42. The second kappa shape index (κ2) is 5.37. The van der Waals surface area contributed by atoms with Crippen molar-refractivity contribution in [3.05, 3.63) is 0 Å². The van der Waals surface area contributed by atoms with Crippen molar-refractivity contribution in [1.29, 1.82) is 0 Å². The predicted molar refractivity (Wildman–Crippen MR) is 65.4 cm³/mol. The maximum atomic E-state index is 12.7. The van der Waals surface area contributed by atoms with Crippen LogP contribution >= 0.6 is 0 Å². The molecule has 1 saturated carbocycles. The van der Waals surface area contributed by atoms with Crippen LogP contribution in [0.2, 0.25) is 0 Å². The maximum absolute atomic E-state index is 12.7. The summed E-state index contributed by atoms with van der Waals surface area (Å²) in [7, 11) is 2.08. The molecule has 0 spiro atoms. The number of likely N-dealkylation sites (tertiary alicyclic amines) is 1. The van der Waals surface area contributed by atoms with Gasteiger partial charge in [0.25, 0.3) is 0 Å². The van der Waals surface area contributed by atoms with Crippen molar-refractivity contribution in [2.75, 3.05) is 13.6 Å². The van der Waals surface area contributed by atoms with Gasteiger partial charge in [-0.15, -0.1) is 0 Å². The Hall–Kier alpha value is -0.290. The number of rotatable bonds is 2. The van der Waals surface area contributed by atoms with E-state index in [2.05, 4.69) is 24.2 Å². The van der Waals surface area contributed by atoms with Gasteiger partial charge >= 0.3 is 6.18 Å². The lowest BCUT2D eigenvalue weighted by Crippen LogP contribution is -2.44. The van der Waals surface area contributed by atoms with Crippen LogP contribution in [-0.4, -0.2) is 42.8 Å². The number of hydrogen-bond acceptors (Lipinski definition) is 2. The Labute approximate surface area is 107 Å². The summed E-state index contributed by atoms with van der Waals surface area (Å²) in [6.45, 7) is 3.12. The van der Waals surface area contributed by atoms with Crippen LogP contribution in [0.15, 0.2) is 0 Å². The van der Waals surface area contributed by atoms with Crippen LogP contribution in [0.25, 0.3) is 0 Å². The van der Waals surface area contributed by atoms with Gasteiger partial charge in [0.15, 0.2) is 0 Å². The van der Waals surface area contributed by atoms with E-state index in [9.17, 15) is 13.2 Å². The minimum absolute atomic E-state index is 0.0501. The molecule has 2 rings (SSSR count). The first-order chi connectivity index (χ1) is 8.36. The van der Waals surface area contributed by atoms with Crippen molar-refractivity contribution in [2.24, 2.45) is 5.92 Å². The molecular formula is C13H23F3N2. The fourth-order valence-corrected chi connectivity index (χ4v) is 3.29. The van der Waals surface area contributed by atoms with E-state index in [-0.39, 0.29) is 12.5 Å². The highest BCUT2D eigenvalue weighted by molar-refractivity contribution is 4.90. The van der Waals surface area contributed by atoms with E-state index in [1.165, 1.54) is 0 Å². The van der Waals surface area contributed by atoms with Crippen LogP contribution in [-0.2, 0) is 0 Å². The third-order valence-corrected chi connectivity index (χ3v) is 4.49. The Morgan fingerprint density at radius 1 is 1.11 bits per heavy atom. The molecule has 0 amide bonds. The standard InChI is InChI=1S/C13H23F3N2/c1-9-6-12(8-18(9)2)17-11-5-3-4-10(7-11)13(14,15)16/h9-12,17H,3-8H2,1-2H3. The highest BCUT2D eigenvalue weighted by atomic mass is 19.4. The van der Waals surface area contributed by atoms with E-state index in [1.54, 1.807) is 0 Å². The van der Waals surface area contributed by atoms with Gasteiger partial charge in [0.05, 0.1) is 5.92 Å². The van der Waals surface area contributed by atoms with Crippen molar-refractivity contribution >= 4 is 0 Å². The molecule has 4 atom stereocenters. The van der Waals surface area contributed by atoms with E-state index >= 15 is 0 Å². The number of hydrogen-bond donors (Lipinski definition) is 1. The molecule has 1 aliphatic heterocycles. The molecule has 1 N–H and O–H groups in total. The van der Waals surface area contributed by atoms with Crippen molar-refractivity contribution in [3.8, 4) is 0 Å². The van der Waals surface area contributed by atoms with Crippen LogP contribution in [0.3, 0.4) is 0 Å². The van der Waals surface area contributed by atoms with Gasteiger partial charge in [-0.25, -0.2) is 0 Å². The first kappa shape index (κ1) is 14.1. The number of nitrogens with one attached hydrogen (secondary N) is 1. The highest BCUT2D eigenvalue weighted by Crippen LogP contribution is 2.37. The van der Waals surface area contributed by atoms with Crippen molar-refractivity contribution < 1.29 is 13.2 Å². The molecule has 5 heteroatoms. The van der Waals surface area contributed by atoms with Crippen LogP contribution in [0.1, 0.15) is 39.0 Å². The minimum atomic E-state index is -4.01. The quantitative estimate of drug-likeness (QED) is 0.825. The lowest BCUT2D eigenvalue weighted by atomic mass is 9.85. The van der Waals surface area contributed by atoms with Crippen LogP contribution in [0, 0.1) is 5.92 Å². The molecule has 2 fully saturated rings. The van der Waals surface area contributed by atoms with Crippen molar-refractivity contribution in [3.63, 3.8) is 0 Å². The van der Waals surface area contributed by atoms with Gasteiger partial charge in [-0.1, -0.05) is 6.42 Å². The zero-order chi connectivity index (χ0) is 13.3. The largest absolute Gasteiger partial charge is 0.391 e. The third kappa shape index (κ3) is 3.38. The Morgan fingerprint density at radius 2 is 1.83 bits per heavy atom. The summed E-state index contributed by atoms with van der Waals surface area (Å²) >= 11 is 0. The van der Waals surface area contributed by atoms with Gasteiger partial charge in [0.1, 0.15) is 0 Å². The molecule has 1 aliphatic carbocycles.